The summed E-state index contributed by atoms with van der Waals surface area (Å²) in [5, 5.41) is 0. The van der Waals surface area contributed by atoms with Gasteiger partial charge < -0.3 is 0 Å². The zero-order valence-corrected chi connectivity index (χ0v) is 14.3. The van der Waals surface area contributed by atoms with Gasteiger partial charge in [-0.1, -0.05) is 38.1 Å². The maximum absolute atomic E-state index is 12.5. The maximum Gasteiger partial charge on any atom is 0.286 e. The molecule has 1 aromatic rings. The SMILES string of the molecule is CCC(C)c1ccc(S(=O)(=O)S(=O)(=O)C2=CC=CCC2)cc1. The summed E-state index contributed by atoms with van der Waals surface area (Å²) < 4.78 is 49.7. The molecule has 2 rings (SSSR count). The molecule has 0 spiro atoms. The summed E-state index contributed by atoms with van der Waals surface area (Å²) in [6.45, 7) is 4.09. The summed E-state index contributed by atoms with van der Waals surface area (Å²) in [4.78, 5) is -0.212. The quantitative estimate of drug-likeness (QED) is 0.769. The Kier molecular flexibility index (Phi) is 4.92. The Morgan fingerprint density at radius 2 is 1.68 bits per heavy atom. The Balaban J connectivity index is 2.42. The third kappa shape index (κ3) is 3.03. The average molecular weight is 340 g/mol. The lowest BCUT2D eigenvalue weighted by atomic mass is 9.99. The molecular formula is C16H20O4S2. The summed E-state index contributed by atoms with van der Waals surface area (Å²) >= 11 is 0. The predicted octanol–water partition coefficient (Wildman–Crippen LogP) is 3.54. The van der Waals surface area contributed by atoms with Crippen molar-refractivity contribution in [2.75, 3.05) is 0 Å². The summed E-state index contributed by atoms with van der Waals surface area (Å²) in [7, 11) is -8.79. The van der Waals surface area contributed by atoms with Gasteiger partial charge in [-0.15, -0.1) is 0 Å². The van der Waals surface area contributed by atoms with Crippen LogP contribution in [-0.4, -0.2) is 16.8 Å². The summed E-state index contributed by atoms with van der Waals surface area (Å²) in [5.74, 6) is 0.305. The molecule has 1 aromatic carbocycles. The number of benzene rings is 1. The van der Waals surface area contributed by atoms with Crippen LogP contribution in [0.3, 0.4) is 0 Å². The van der Waals surface area contributed by atoms with Gasteiger partial charge in [0.1, 0.15) is 0 Å². The molecule has 0 saturated heterocycles. The maximum atomic E-state index is 12.5. The van der Waals surface area contributed by atoms with E-state index in [4.69, 9.17) is 0 Å². The predicted molar refractivity (Wildman–Crippen MR) is 87.7 cm³/mol. The molecule has 0 fully saturated rings. The molecule has 1 aliphatic carbocycles. The van der Waals surface area contributed by atoms with Crippen LogP contribution < -0.4 is 0 Å². The second-order valence-corrected chi connectivity index (χ2v) is 10.8. The van der Waals surface area contributed by atoms with E-state index < -0.39 is 17.7 Å². The van der Waals surface area contributed by atoms with Crippen molar-refractivity contribution in [1.29, 1.82) is 0 Å². The molecule has 1 atom stereocenters. The molecule has 0 heterocycles. The fraction of sp³-hybridized carbons (Fsp3) is 0.375. The van der Waals surface area contributed by atoms with Crippen LogP contribution in [0.2, 0.25) is 0 Å². The molecular weight excluding hydrogens is 320 g/mol. The lowest BCUT2D eigenvalue weighted by Crippen LogP contribution is -2.18. The van der Waals surface area contributed by atoms with E-state index in [0.717, 1.165) is 12.0 Å². The van der Waals surface area contributed by atoms with Crippen LogP contribution in [0.4, 0.5) is 0 Å². The average Bonchev–Trinajstić information content (AvgIpc) is 2.54. The van der Waals surface area contributed by atoms with Crippen LogP contribution in [0.5, 0.6) is 0 Å². The van der Waals surface area contributed by atoms with E-state index in [0.29, 0.717) is 12.3 Å². The van der Waals surface area contributed by atoms with Gasteiger partial charge in [-0.05, 0) is 49.0 Å². The highest BCUT2D eigenvalue weighted by molar-refractivity contribution is 8.68. The largest absolute Gasteiger partial charge is 0.286 e. The summed E-state index contributed by atoms with van der Waals surface area (Å²) in [6.07, 6.45) is 6.45. The molecule has 1 aliphatic rings. The minimum absolute atomic E-state index is 0.0407. The van der Waals surface area contributed by atoms with Crippen molar-refractivity contribution in [1.82, 2.24) is 0 Å². The van der Waals surface area contributed by atoms with E-state index >= 15 is 0 Å². The molecule has 0 bridgehead atoms. The number of hydrogen-bond donors (Lipinski definition) is 0. The molecule has 0 saturated carbocycles. The van der Waals surface area contributed by atoms with Gasteiger partial charge in [0.05, 0.1) is 9.80 Å². The fourth-order valence-electron chi connectivity index (χ4n) is 2.26. The smallest absolute Gasteiger partial charge is 0.207 e. The number of hydrogen-bond acceptors (Lipinski definition) is 4. The molecule has 6 heteroatoms. The van der Waals surface area contributed by atoms with E-state index in [2.05, 4.69) is 0 Å². The minimum Gasteiger partial charge on any atom is -0.207 e. The molecule has 0 radical (unpaired) electrons. The van der Waals surface area contributed by atoms with Crippen LogP contribution in [0.25, 0.3) is 0 Å². The van der Waals surface area contributed by atoms with Crippen LogP contribution in [0.15, 0.2) is 52.3 Å². The molecule has 4 nitrogen and oxygen atoms in total. The molecule has 1 unspecified atom stereocenters. The first-order valence-electron chi connectivity index (χ1n) is 7.26. The molecule has 0 aliphatic heterocycles. The lowest BCUT2D eigenvalue weighted by molar-refractivity contribution is 0.584. The molecule has 22 heavy (non-hydrogen) atoms. The summed E-state index contributed by atoms with van der Waals surface area (Å²) in [6, 6.07) is 6.14. The van der Waals surface area contributed by atoms with Crippen molar-refractivity contribution in [2.24, 2.45) is 0 Å². The Bertz CT molecular complexity index is 798. The number of rotatable bonds is 5. The standard InChI is InChI=1S/C16H20O4S2/c1-3-13(2)14-9-11-16(12-10-14)22(19,20)21(17,18)15-7-5-4-6-8-15/h4-5,7,9-13H,3,6,8H2,1-2H3. The molecule has 120 valence electrons. The third-order valence-corrected chi connectivity index (χ3v) is 9.30. The molecule has 0 N–H and O–H groups in total. The van der Waals surface area contributed by atoms with E-state index in [9.17, 15) is 16.8 Å². The van der Waals surface area contributed by atoms with Crippen LogP contribution in [0, 0.1) is 0 Å². The van der Waals surface area contributed by atoms with Crippen LogP contribution in [-0.2, 0) is 17.7 Å². The van der Waals surface area contributed by atoms with Crippen LogP contribution >= 0.6 is 0 Å². The zero-order valence-electron chi connectivity index (χ0n) is 12.7. The Morgan fingerprint density at radius 1 is 1.05 bits per heavy atom. The van der Waals surface area contributed by atoms with Crippen molar-refractivity contribution < 1.29 is 16.8 Å². The third-order valence-electron chi connectivity index (χ3n) is 3.94. The first kappa shape index (κ1) is 17.0. The van der Waals surface area contributed by atoms with Gasteiger partial charge in [0, 0.05) is 0 Å². The van der Waals surface area contributed by atoms with E-state index in [-0.39, 0.29) is 16.2 Å². The van der Waals surface area contributed by atoms with Gasteiger partial charge in [0.25, 0.3) is 17.7 Å². The van der Waals surface area contributed by atoms with Crippen molar-refractivity contribution in [3.05, 3.63) is 53.0 Å². The second-order valence-electron chi connectivity index (χ2n) is 5.39. The zero-order chi connectivity index (χ0) is 16.4. The van der Waals surface area contributed by atoms with E-state index in [1.165, 1.54) is 18.2 Å². The van der Waals surface area contributed by atoms with Crippen molar-refractivity contribution in [2.45, 2.75) is 43.9 Å². The fourth-order valence-corrected chi connectivity index (χ4v) is 6.23. The van der Waals surface area contributed by atoms with Crippen molar-refractivity contribution >= 4 is 17.7 Å². The Hall–Kier alpha value is -1.40. The Morgan fingerprint density at radius 3 is 2.18 bits per heavy atom. The topological polar surface area (TPSA) is 68.3 Å². The first-order chi connectivity index (χ1) is 10.3. The van der Waals surface area contributed by atoms with Gasteiger partial charge in [0.15, 0.2) is 0 Å². The lowest BCUT2D eigenvalue weighted by Gasteiger charge is -2.12. The van der Waals surface area contributed by atoms with Crippen molar-refractivity contribution in [3.8, 4) is 0 Å². The van der Waals surface area contributed by atoms with Gasteiger partial charge in [0.2, 0.25) is 0 Å². The normalized spacial score (nSPS) is 17.1. The monoisotopic (exact) mass is 340 g/mol. The van der Waals surface area contributed by atoms with Crippen molar-refractivity contribution in [3.63, 3.8) is 0 Å². The highest BCUT2D eigenvalue weighted by Gasteiger charge is 2.35. The van der Waals surface area contributed by atoms with E-state index in [1.54, 1.807) is 18.2 Å². The van der Waals surface area contributed by atoms with Crippen LogP contribution in [0.1, 0.15) is 44.6 Å². The van der Waals surface area contributed by atoms with Gasteiger partial charge in [-0.2, -0.15) is 0 Å². The van der Waals surface area contributed by atoms with Gasteiger partial charge in [-0.25, -0.2) is 16.8 Å². The highest BCUT2D eigenvalue weighted by Crippen LogP contribution is 2.29. The van der Waals surface area contributed by atoms with Gasteiger partial charge in [-0.3, -0.25) is 0 Å². The minimum atomic E-state index is -4.42. The van der Waals surface area contributed by atoms with E-state index in [1.807, 2.05) is 19.9 Å². The van der Waals surface area contributed by atoms with Gasteiger partial charge >= 0.3 is 0 Å². The first-order valence-corrected chi connectivity index (χ1v) is 10.7. The molecule has 0 aromatic heterocycles. The second kappa shape index (κ2) is 6.38. The highest BCUT2D eigenvalue weighted by atomic mass is 33.2. The number of allylic oxidation sites excluding steroid dienone is 4. The Labute approximate surface area is 131 Å². The summed E-state index contributed by atoms with van der Waals surface area (Å²) in [5.41, 5.74) is 0.999. The molecule has 0 amide bonds.